The van der Waals surface area contributed by atoms with Crippen LogP contribution in [0.25, 0.3) is 0 Å². The molecule has 6 aromatic rings. The molecule has 0 saturated carbocycles. The summed E-state index contributed by atoms with van der Waals surface area (Å²) in [7, 11) is 0. The molecule has 4 heteroatoms. The van der Waals surface area contributed by atoms with Crippen molar-refractivity contribution in [3.8, 4) is 0 Å². The minimum absolute atomic E-state index is 0.0134. The van der Waals surface area contributed by atoms with Crippen molar-refractivity contribution >= 4 is 68.6 Å². The van der Waals surface area contributed by atoms with E-state index < -0.39 is 0 Å². The van der Waals surface area contributed by atoms with E-state index in [1.165, 1.54) is 125 Å². The molecule has 66 heavy (non-hydrogen) atoms. The van der Waals surface area contributed by atoms with Crippen LogP contribution in [0.2, 0.25) is 0 Å². The molecule has 3 nitrogen and oxygen atoms in total. The normalized spacial score (nSPS) is 16.9. The summed E-state index contributed by atoms with van der Waals surface area (Å²) in [5.41, 5.74) is 26.3. The zero-order valence-corrected chi connectivity index (χ0v) is 42.3. The van der Waals surface area contributed by atoms with Crippen LogP contribution in [0.5, 0.6) is 0 Å². The zero-order valence-electron chi connectivity index (χ0n) is 42.3. The highest BCUT2D eigenvalue weighted by Crippen LogP contribution is 2.53. The van der Waals surface area contributed by atoms with Gasteiger partial charge in [0.15, 0.2) is 0 Å². The van der Waals surface area contributed by atoms with Gasteiger partial charge in [-0.3, -0.25) is 0 Å². The van der Waals surface area contributed by atoms with Crippen LogP contribution >= 0.6 is 0 Å². The molecule has 0 atom stereocenters. The summed E-state index contributed by atoms with van der Waals surface area (Å²) >= 11 is 0. The van der Waals surface area contributed by atoms with E-state index in [0.717, 1.165) is 12.8 Å². The Balaban J connectivity index is 1.37. The average molecular weight is 868 g/mol. The third kappa shape index (κ3) is 7.08. The van der Waals surface area contributed by atoms with E-state index in [1.54, 1.807) is 0 Å². The number of hydrogen-bond acceptors (Lipinski definition) is 3. The summed E-state index contributed by atoms with van der Waals surface area (Å²) in [6.07, 6.45) is 11.5. The summed E-state index contributed by atoms with van der Waals surface area (Å²) in [5, 5.41) is 0. The number of hydrogen-bond donors (Lipinski definition) is 0. The van der Waals surface area contributed by atoms with E-state index in [4.69, 9.17) is 0 Å². The van der Waals surface area contributed by atoms with Crippen LogP contribution in [-0.2, 0) is 21.7 Å². The monoisotopic (exact) mass is 868 g/mol. The van der Waals surface area contributed by atoms with E-state index in [-0.39, 0.29) is 28.4 Å². The first-order valence-corrected chi connectivity index (χ1v) is 24.7. The molecular weight excluding hydrogens is 798 g/mol. The Morgan fingerprint density at radius 2 is 1.06 bits per heavy atom. The lowest BCUT2D eigenvalue weighted by molar-refractivity contribution is 0.332. The molecule has 0 bridgehead atoms. The van der Waals surface area contributed by atoms with Gasteiger partial charge in [-0.05, 0) is 184 Å². The summed E-state index contributed by atoms with van der Waals surface area (Å²) in [6.45, 7) is 33.4. The van der Waals surface area contributed by atoms with Gasteiger partial charge in [0, 0.05) is 39.8 Å². The minimum Gasteiger partial charge on any atom is -0.311 e. The number of rotatable bonds is 5. The van der Waals surface area contributed by atoms with Gasteiger partial charge in [0.05, 0.1) is 11.4 Å². The van der Waals surface area contributed by atoms with E-state index in [1.807, 2.05) is 0 Å². The molecule has 0 radical (unpaired) electrons. The quantitative estimate of drug-likeness (QED) is 0.160. The van der Waals surface area contributed by atoms with E-state index in [2.05, 4.69) is 233 Å². The maximum Gasteiger partial charge on any atom is 0.252 e. The predicted octanol–water partition coefficient (Wildman–Crippen LogP) is 15.3. The second kappa shape index (κ2) is 15.4. The Bertz CT molecular complexity index is 2960. The van der Waals surface area contributed by atoms with Crippen molar-refractivity contribution < 1.29 is 0 Å². The highest BCUT2D eigenvalue weighted by Gasteiger charge is 2.48. The maximum absolute atomic E-state index is 2.70. The van der Waals surface area contributed by atoms with Gasteiger partial charge < -0.3 is 14.7 Å². The Morgan fingerprint density at radius 3 is 1.62 bits per heavy atom. The fourth-order valence-electron chi connectivity index (χ4n) is 11.8. The van der Waals surface area contributed by atoms with Gasteiger partial charge in [0.1, 0.15) is 0 Å². The number of fused-ring (bicyclic) bond motifs is 5. The Kier molecular flexibility index (Phi) is 10.3. The topological polar surface area (TPSA) is 9.72 Å². The van der Waals surface area contributed by atoms with E-state index in [0.29, 0.717) is 0 Å². The average Bonchev–Trinajstić information content (AvgIpc) is 3.26. The molecule has 2 heterocycles. The summed E-state index contributed by atoms with van der Waals surface area (Å²) in [4.78, 5) is 7.86. The Hall–Kier alpha value is -5.74. The summed E-state index contributed by atoms with van der Waals surface area (Å²) in [6, 6.07) is 40.6. The molecule has 10 rings (SSSR count). The highest BCUT2D eigenvalue weighted by atomic mass is 15.2. The largest absolute Gasteiger partial charge is 0.311 e. The molecule has 0 unspecified atom stereocenters. The van der Waals surface area contributed by atoms with Crippen molar-refractivity contribution in [1.29, 1.82) is 0 Å². The van der Waals surface area contributed by atoms with Crippen LogP contribution in [0.4, 0.5) is 45.5 Å². The van der Waals surface area contributed by atoms with Gasteiger partial charge in [-0.1, -0.05) is 142 Å². The van der Waals surface area contributed by atoms with Gasteiger partial charge in [-0.2, -0.15) is 0 Å². The lowest BCUT2D eigenvalue weighted by Crippen LogP contribution is -2.62. The van der Waals surface area contributed by atoms with Crippen LogP contribution in [0, 0.1) is 27.7 Å². The number of nitrogens with zero attached hydrogens (tertiary/aromatic N) is 3. The molecular formula is C62H70BN3. The minimum atomic E-state index is -0.118. The molecule has 0 aromatic heterocycles. The van der Waals surface area contributed by atoms with Crippen molar-refractivity contribution in [3.63, 3.8) is 0 Å². The van der Waals surface area contributed by atoms with Gasteiger partial charge in [-0.15, -0.1) is 0 Å². The van der Waals surface area contributed by atoms with Gasteiger partial charge >= 0.3 is 0 Å². The van der Waals surface area contributed by atoms with Gasteiger partial charge in [-0.25, -0.2) is 0 Å². The van der Waals surface area contributed by atoms with Gasteiger partial charge in [0.25, 0.3) is 6.71 Å². The van der Waals surface area contributed by atoms with Crippen molar-refractivity contribution in [2.75, 3.05) is 14.7 Å². The van der Waals surface area contributed by atoms with Gasteiger partial charge in [0.2, 0.25) is 0 Å². The first-order valence-electron chi connectivity index (χ1n) is 24.7. The molecule has 6 aromatic carbocycles. The predicted molar refractivity (Wildman–Crippen MR) is 287 cm³/mol. The molecule has 2 aliphatic carbocycles. The number of aryl methyl sites for hydroxylation is 4. The fourth-order valence-corrected chi connectivity index (χ4v) is 11.8. The molecule has 0 amide bonds. The molecule has 4 aliphatic rings. The Labute approximate surface area is 397 Å². The lowest BCUT2D eigenvalue weighted by Gasteiger charge is -2.48. The number of para-hydroxylation sites is 2. The number of anilines is 8. The van der Waals surface area contributed by atoms with Crippen LogP contribution in [0.1, 0.15) is 139 Å². The highest BCUT2D eigenvalue weighted by molar-refractivity contribution is 7.00. The second-order valence-corrected chi connectivity index (χ2v) is 23.5. The van der Waals surface area contributed by atoms with E-state index in [9.17, 15) is 0 Å². The first kappa shape index (κ1) is 44.1. The summed E-state index contributed by atoms with van der Waals surface area (Å²) in [5.74, 6) is 0. The molecule has 0 N–H and O–H groups in total. The second-order valence-electron chi connectivity index (χ2n) is 23.5. The lowest BCUT2D eigenvalue weighted by atomic mass is 9.33. The summed E-state index contributed by atoms with van der Waals surface area (Å²) < 4.78 is 0. The third-order valence-electron chi connectivity index (χ3n) is 15.6. The van der Waals surface area contributed by atoms with Crippen molar-refractivity contribution in [2.24, 2.45) is 0 Å². The molecule has 336 valence electrons. The van der Waals surface area contributed by atoms with Crippen LogP contribution in [0.15, 0.2) is 127 Å². The number of allylic oxidation sites excluding steroid dienone is 3. The molecule has 2 aliphatic heterocycles. The van der Waals surface area contributed by atoms with Crippen LogP contribution in [0.3, 0.4) is 0 Å². The molecule has 0 saturated heterocycles. The Morgan fingerprint density at radius 1 is 0.515 bits per heavy atom. The van der Waals surface area contributed by atoms with Crippen LogP contribution in [-0.4, -0.2) is 6.71 Å². The fraction of sp³-hybridized carbons (Fsp3) is 0.355. The smallest absolute Gasteiger partial charge is 0.252 e. The SMILES string of the molecule is Cc1cc(C(C)(C)C)cc(C)c1N1c2cc(N(C3=CCCC=C3)c3ccccc3)ccc2B2c3cc4c(cc3N(c3c(C)cccc3C)c3cc(C(C)(C)C)cc1c32)C(C)(C)CCC4(C)C. The standard InChI is InChI=1S/C62H70BN3/c1-39-22-21-23-40(2)57(39)66-53-38-49-48(61(11,12)30-31-62(49,13)14)37-51(53)63-50-29-28-47(64(45-24-17-15-18-25-45)46-26-19-16-20-27-46)36-52(50)65(54-34-44(60(8,9)10)35-55(66)56(54)63)58-41(3)32-43(33-42(58)4)59(5,6)7/h15,17-19,21-29,32-38H,16,20,30-31H2,1-14H3. The van der Waals surface area contributed by atoms with E-state index >= 15 is 0 Å². The third-order valence-corrected chi connectivity index (χ3v) is 15.6. The van der Waals surface area contributed by atoms with Crippen molar-refractivity contribution in [2.45, 2.75) is 144 Å². The molecule has 0 fully saturated rings. The zero-order chi connectivity index (χ0) is 46.8. The first-order chi connectivity index (χ1) is 31.2. The maximum atomic E-state index is 2.70. The number of benzene rings is 6. The van der Waals surface area contributed by atoms with Crippen molar-refractivity contribution in [3.05, 3.63) is 172 Å². The van der Waals surface area contributed by atoms with Crippen molar-refractivity contribution in [1.82, 2.24) is 0 Å². The molecule has 0 spiro atoms. The van der Waals surface area contributed by atoms with Crippen LogP contribution < -0.4 is 31.1 Å².